The Morgan fingerprint density at radius 2 is 1.58 bits per heavy atom. The fourth-order valence-corrected chi connectivity index (χ4v) is 4.72. The molecular formula is C23H21Cl2N3O4S. The van der Waals surface area contributed by atoms with Crippen molar-refractivity contribution in [1.29, 1.82) is 0 Å². The summed E-state index contributed by atoms with van der Waals surface area (Å²) in [5, 5.41) is 0.392. The van der Waals surface area contributed by atoms with Crippen LogP contribution in [0.1, 0.15) is 35.2 Å². The highest BCUT2D eigenvalue weighted by Gasteiger charge is 2.21. The van der Waals surface area contributed by atoms with Crippen LogP contribution < -0.4 is 15.6 Å². The topological polar surface area (TPSA) is 104 Å². The molecule has 0 aliphatic carbocycles. The van der Waals surface area contributed by atoms with Gasteiger partial charge in [-0.3, -0.25) is 25.2 Å². The van der Waals surface area contributed by atoms with Crippen LogP contribution in [0.3, 0.4) is 0 Å². The molecule has 0 aromatic heterocycles. The van der Waals surface area contributed by atoms with Crippen molar-refractivity contribution in [2.24, 2.45) is 0 Å². The molecule has 0 fully saturated rings. The van der Waals surface area contributed by atoms with E-state index in [1.807, 2.05) is 37.3 Å². The minimum absolute atomic E-state index is 0.00675. The third-order valence-corrected chi connectivity index (χ3v) is 6.87. The molecule has 3 aromatic carbocycles. The Balaban J connectivity index is 1.66. The maximum absolute atomic E-state index is 12.8. The van der Waals surface area contributed by atoms with Crippen LogP contribution in [0.5, 0.6) is 0 Å². The van der Waals surface area contributed by atoms with Gasteiger partial charge in [0.1, 0.15) is 4.90 Å². The molecule has 3 rings (SSSR count). The predicted octanol–water partition coefficient (Wildman–Crippen LogP) is 4.75. The van der Waals surface area contributed by atoms with Gasteiger partial charge in [0.15, 0.2) is 0 Å². The van der Waals surface area contributed by atoms with E-state index in [1.54, 1.807) is 0 Å². The number of hydrogen-bond donors (Lipinski definition) is 3. The first-order valence-electron chi connectivity index (χ1n) is 9.88. The first-order valence-corrected chi connectivity index (χ1v) is 12.1. The van der Waals surface area contributed by atoms with E-state index in [0.29, 0.717) is 5.02 Å². The molecule has 3 N–H and O–H groups in total. The van der Waals surface area contributed by atoms with Gasteiger partial charge in [0.2, 0.25) is 5.91 Å². The van der Waals surface area contributed by atoms with Crippen LogP contribution in [0.4, 0.5) is 5.69 Å². The molecule has 7 nitrogen and oxygen atoms in total. The van der Waals surface area contributed by atoms with Crippen LogP contribution >= 0.6 is 23.2 Å². The SMILES string of the molecule is C[C@@H](CC(=O)NNC(=O)c1ccc(Cl)c(S(=O)(=O)Nc2ccc(Cl)cc2)c1)c1ccccc1. The number of halogens is 2. The number of carbonyl (C=O) groups excluding carboxylic acids is 2. The zero-order valence-electron chi connectivity index (χ0n) is 17.5. The smallest absolute Gasteiger partial charge is 0.269 e. The number of carbonyl (C=O) groups is 2. The van der Waals surface area contributed by atoms with Crippen LogP contribution in [-0.2, 0) is 14.8 Å². The van der Waals surface area contributed by atoms with Gasteiger partial charge in [0, 0.05) is 22.7 Å². The van der Waals surface area contributed by atoms with Crippen LogP contribution in [-0.4, -0.2) is 20.2 Å². The van der Waals surface area contributed by atoms with Gasteiger partial charge < -0.3 is 0 Å². The minimum atomic E-state index is -4.08. The van der Waals surface area contributed by atoms with Gasteiger partial charge in [-0.05, 0) is 53.9 Å². The molecule has 0 saturated carbocycles. The molecule has 33 heavy (non-hydrogen) atoms. The van der Waals surface area contributed by atoms with E-state index >= 15 is 0 Å². The van der Waals surface area contributed by atoms with E-state index in [4.69, 9.17) is 23.2 Å². The predicted molar refractivity (Wildman–Crippen MR) is 129 cm³/mol. The zero-order chi connectivity index (χ0) is 24.0. The van der Waals surface area contributed by atoms with Gasteiger partial charge in [0.25, 0.3) is 15.9 Å². The van der Waals surface area contributed by atoms with Crippen molar-refractivity contribution in [1.82, 2.24) is 10.9 Å². The molecule has 0 heterocycles. The molecule has 0 bridgehead atoms. The Labute approximate surface area is 202 Å². The lowest BCUT2D eigenvalue weighted by atomic mass is 9.98. The first kappa shape index (κ1) is 24.6. The lowest BCUT2D eigenvalue weighted by Crippen LogP contribution is -2.42. The highest BCUT2D eigenvalue weighted by atomic mass is 35.5. The average molecular weight is 506 g/mol. The largest absolute Gasteiger partial charge is 0.280 e. The molecule has 0 aliphatic heterocycles. The van der Waals surface area contributed by atoms with Crippen molar-refractivity contribution >= 4 is 50.7 Å². The van der Waals surface area contributed by atoms with Gasteiger partial charge in [-0.25, -0.2) is 8.42 Å². The molecule has 0 radical (unpaired) electrons. The summed E-state index contributed by atoms with van der Waals surface area (Å²) in [4.78, 5) is 24.4. The third-order valence-electron chi connectivity index (χ3n) is 4.75. The van der Waals surface area contributed by atoms with Crippen molar-refractivity contribution < 1.29 is 18.0 Å². The quantitative estimate of drug-likeness (QED) is 0.403. The fraction of sp³-hybridized carbons (Fsp3) is 0.130. The normalized spacial score (nSPS) is 12.0. The average Bonchev–Trinajstić information content (AvgIpc) is 2.79. The standard InChI is InChI=1S/C23H21Cl2N3O4S/c1-15(16-5-3-2-4-6-16)13-22(29)26-27-23(30)17-7-12-20(25)21(14-17)33(31,32)28-19-10-8-18(24)9-11-19/h2-12,14-15,28H,13H2,1H3,(H,26,29)(H,27,30)/t15-/m0/s1. The highest BCUT2D eigenvalue weighted by molar-refractivity contribution is 7.92. The maximum atomic E-state index is 12.8. The Morgan fingerprint density at radius 1 is 0.909 bits per heavy atom. The summed E-state index contributed by atoms with van der Waals surface area (Å²) in [5.74, 6) is -1.12. The molecule has 3 aromatic rings. The molecule has 0 aliphatic rings. The number of hydrogen-bond acceptors (Lipinski definition) is 4. The lowest BCUT2D eigenvalue weighted by molar-refractivity contribution is -0.122. The second kappa shape index (κ2) is 10.7. The van der Waals surface area contributed by atoms with E-state index < -0.39 is 15.9 Å². The van der Waals surface area contributed by atoms with E-state index in [2.05, 4.69) is 15.6 Å². The molecular weight excluding hydrogens is 485 g/mol. The number of rotatable bonds is 7. The summed E-state index contributed by atoms with van der Waals surface area (Å²) in [6.45, 7) is 1.90. The second-order valence-electron chi connectivity index (χ2n) is 7.28. The highest BCUT2D eigenvalue weighted by Crippen LogP contribution is 2.26. The van der Waals surface area contributed by atoms with Crippen LogP contribution in [0.25, 0.3) is 0 Å². The first-order chi connectivity index (χ1) is 15.7. The molecule has 0 spiro atoms. The van der Waals surface area contributed by atoms with Crippen LogP contribution in [0, 0.1) is 0 Å². The van der Waals surface area contributed by atoms with Crippen molar-refractivity contribution in [3.05, 3.63) is 94.0 Å². The number of anilines is 1. The summed E-state index contributed by atoms with van der Waals surface area (Å²) < 4.78 is 27.9. The fourth-order valence-electron chi connectivity index (χ4n) is 3.01. The van der Waals surface area contributed by atoms with Gasteiger partial charge in [-0.1, -0.05) is 60.5 Å². The summed E-state index contributed by atoms with van der Waals surface area (Å²) >= 11 is 11.9. The third kappa shape index (κ3) is 6.71. The Hall–Kier alpha value is -3.07. The molecule has 10 heteroatoms. The maximum Gasteiger partial charge on any atom is 0.269 e. The van der Waals surface area contributed by atoms with Crippen molar-refractivity contribution in [3.63, 3.8) is 0 Å². The Kier molecular flexibility index (Phi) is 7.97. The molecule has 0 unspecified atom stereocenters. The van der Waals surface area contributed by atoms with E-state index in [9.17, 15) is 18.0 Å². The minimum Gasteiger partial charge on any atom is -0.280 e. The van der Waals surface area contributed by atoms with Crippen molar-refractivity contribution in [2.75, 3.05) is 4.72 Å². The number of benzene rings is 3. The molecule has 1 atom stereocenters. The van der Waals surface area contributed by atoms with E-state index in [1.165, 1.54) is 36.4 Å². The second-order valence-corrected chi connectivity index (χ2v) is 9.77. The van der Waals surface area contributed by atoms with E-state index in [0.717, 1.165) is 11.6 Å². The number of nitrogens with one attached hydrogen (secondary N) is 3. The molecule has 172 valence electrons. The zero-order valence-corrected chi connectivity index (χ0v) is 19.8. The summed E-state index contributed by atoms with van der Waals surface area (Å²) in [6, 6.07) is 19.4. The van der Waals surface area contributed by atoms with Gasteiger partial charge in [-0.15, -0.1) is 0 Å². The molecule has 0 saturated heterocycles. The number of sulfonamides is 1. The molecule has 2 amide bonds. The van der Waals surface area contributed by atoms with Gasteiger partial charge >= 0.3 is 0 Å². The summed E-state index contributed by atoms with van der Waals surface area (Å²) in [5.41, 5.74) is 5.94. The van der Waals surface area contributed by atoms with Crippen LogP contribution in [0.15, 0.2) is 77.7 Å². The van der Waals surface area contributed by atoms with Crippen LogP contribution in [0.2, 0.25) is 10.0 Å². The number of amides is 2. The number of hydrazine groups is 1. The monoisotopic (exact) mass is 505 g/mol. The van der Waals surface area contributed by atoms with Crippen molar-refractivity contribution in [2.45, 2.75) is 24.2 Å². The Morgan fingerprint density at radius 3 is 2.24 bits per heavy atom. The summed E-state index contributed by atoms with van der Waals surface area (Å²) in [6.07, 6.45) is 0.162. The lowest BCUT2D eigenvalue weighted by Gasteiger charge is -2.13. The van der Waals surface area contributed by atoms with Gasteiger partial charge in [0.05, 0.1) is 5.02 Å². The van der Waals surface area contributed by atoms with Gasteiger partial charge in [-0.2, -0.15) is 0 Å². The van der Waals surface area contributed by atoms with E-state index in [-0.39, 0.29) is 39.4 Å². The Bertz CT molecular complexity index is 1250. The van der Waals surface area contributed by atoms with Crippen molar-refractivity contribution in [3.8, 4) is 0 Å². The summed E-state index contributed by atoms with van der Waals surface area (Å²) in [7, 11) is -4.08.